The molecule has 9 nitrogen and oxygen atoms in total. The second-order valence-electron chi connectivity index (χ2n) is 10.9. The Labute approximate surface area is 213 Å². The van der Waals surface area contributed by atoms with E-state index in [0.29, 0.717) is 56.3 Å². The fraction of sp³-hybridized carbons (Fsp3) is 0.630. The lowest BCUT2D eigenvalue weighted by Crippen LogP contribution is -2.54. The zero-order valence-corrected chi connectivity index (χ0v) is 21.8. The summed E-state index contributed by atoms with van der Waals surface area (Å²) in [7, 11) is 1.57. The average Bonchev–Trinajstić information content (AvgIpc) is 3.12. The predicted octanol–water partition coefficient (Wildman–Crippen LogP) is 2.90. The van der Waals surface area contributed by atoms with Crippen LogP contribution < -0.4 is 10.1 Å². The van der Waals surface area contributed by atoms with Crippen molar-refractivity contribution in [1.29, 1.82) is 0 Å². The maximum absolute atomic E-state index is 13.3. The second-order valence-corrected chi connectivity index (χ2v) is 10.9. The number of amides is 5. The molecule has 1 saturated carbocycles. The molecule has 0 radical (unpaired) electrons. The first kappa shape index (κ1) is 26.0. The van der Waals surface area contributed by atoms with E-state index in [-0.39, 0.29) is 29.7 Å². The van der Waals surface area contributed by atoms with Gasteiger partial charge < -0.3 is 19.9 Å². The van der Waals surface area contributed by atoms with E-state index in [0.717, 1.165) is 24.2 Å². The van der Waals surface area contributed by atoms with Gasteiger partial charge in [0.2, 0.25) is 5.91 Å². The van der Waals surface area contributed by atoms with Crippen LogP contribution in [0, 0.1) is 11.3 Å². The molecule has 1 spiro atoms. The molecule has 5 amide bonds. The average molecular weight is 499 g/mol. The molecule has 3 aliphatic rings. The van der Waals surface area contributed by atoms with Gasteiger partial charge in [-0.15, -0.1) is 0 Å². The number of imide groups is 1. The Bertz CT molecular complexity index is 1010. The summed E-state index contributed by atoms with van der Waals surface area (Å²) in [4.78, 5) is 56.2. The van der Waals surface area contributed by atoms with Gasteiger partial charge in [0.05, 0.1) is 7.11 Å². The Morgan fingerprint density at radius 2 is 1.61 bits per heavy atom. The highest BCUT2D eigenvalue weighted by Gasteiger charge is 2.54. The van der Waals surface area contributed by atoms with E-state index in [1.165, 1.54) is 0 Å². The molecule has 2 saturated heterocycles. The third kappa shape index (κ3) is 4.92. The van der Waals surface area contributed by atoms with Gasteiger partial charge in [0.1, 0.15) is 17.8 Å². The van der Waals surface area contributed by atoms with Crippen LogP contribution in [0.1, 0.15) is 63.2 Å². The minimum Gasteiger partial charge on any atom is -0.497 e. The van der Waals surface area contributed by atoms with Crippen LogP contribution in [0.3, 0.4) is 0 Å². The molecular formula is C27H38N4O5. The standard InChI is InChI=1S/C27H38N4O5/c1-5-26(2,3)20-10-12-27(13-11-20)24(34)31(25(35)28-27)18-22(32)29-14-16-30(17-15-29)23(33)19-6-8-21(36-4)9-7-19/h6-9,20H,5,10-18H2,1-4H3,(H,28,35). The number of urea groups is 1. The second kappa shape index (κ2) is 10.1. The third-order valence-electron chi connectivity index (χ3n) is 8.65. The maximum atomic E-state index is 13.3. The number of hydrogen-bond acceptors (Lipinski definition) is 5. The Hall–Kier alpha value is -3.10. The summed E-state index contributed by atoms with van der Waals surface area (Å²) < 4.78 is 5.14. The highest BCUT2D eigenvalue weighted by atomic mass is 16.5. The lowest BCUT2D eigenvalue weighted by atomic mass is 9.65. The van der Waals surface area contributed by atoms with Crippen molar-refractivity contribution in [3.05, 3.63) is 29.8 Å². The predicted molar refractivity (Wildman–Crippen MR) is 134 cm³/mol. The van der Waals surface area contributed by atoms with Crippen molar-refractivity contribution in [3.63, 3.8) is 0 Å². The quantitative estimate of drug-likeness (QED) is 0.608. The minimum absolute atomic E-state index is 0.0948. The zero-order chi connectivity index (χ0) is 26.1. The first-order valence-corrected chi connectivity index (χ1v) is 13.0. The summed E-state index contributed by atoms with van der Waals surface area (Å²) in [6.07, 6.45) is 4.08. The Balaban J connectivity index is 1.30. The van der Waals surface area contributed by atoms with Crippen molar-refractivity contribution in [3.8, 4) is 5.75 Å². The number of hydrogen-bond donors (Lipinski definition) is 1. The summed E-state index contributed by atoms with van der Waals surface area (Å²) >= 11 is 0. The van der Waals surface area contributed by atoms with Crippen LogP contribution in [-0.4, -0.2) is 83.8 Å². The molecule has 1 aliphatic carbocycles. The molecule has 0 atom stereocenters. The molecular weight excluding hydrogens is 460 g/mol. The highest BCUT2D eigenvalue weighted by molar-refractivity contribution is 6.09. The van der Waals surface area contributed by atoms with Gasteiger partial charge in [0.25, 0.3) is 11.8 Å². The van der Waals surface area contributed by atoms with E-state index < -0.39 is 11.6 Å². The lowest BCUT2D eigenvalue weighted by molar-refractivity contribution is -0.140. The van der Waals surface area contributed by atoms with Crippen molar-refractivity contribution < 1.29 is 23.9 Å². The summed E-state index contributed by atoms with van der Waals surface area (Å²) in [5.41, 5.74) is -0.0988. The van der Waals surface area contributed by atoms with Crippen molar-refractivity contribution in [2.75, 3.05) is 39.8 Å². The van der Waals surface area contributed by atoms with Crippen molar-refractivity contribution in [2.24, 2.45) is 11.3 Å². The molecule has 9 heteroatoms. The first-order chi connectivity index (χ1) is 17.1. The summed E-state index contributed by atoms with van der Waals surface area (Å²) in [6, 6.07) is 6.46. The lowest BCUT2D eigenvalue weighted by Gasteiger charge is -2.42. The smallest absolute Gasteiger partial charge is 0.325 e. The highest BCUT2D eigenvalue weighted by Crippen LogP contribution is 2.45. The topological polar surface area (TPSA) is 99.3 Å². The van der Waals surface area contributed by atoms with Gasteiger partial charge in [-0.25, -0.2) is 4.79 Å². The first-order valence-electron chi connectivity index (χ1n) is 13.0. The molecule has 0 aromatic heterocycles. The number of carbonyl (C=O) groups is 4. The fourth-order valence-electron chi connectivity index (χ4n) is 5.65. The van der Waals surface area contributed by atoms with Gasteiger partial charge in [0, 0.05) is 31.7 Å². The number of nitrogens with one attached hydrogen (secondary N) is 1. The van der Waals surface area contributed by atoms with E-state index in [2.05, 4.69) is 26.1 Å². The maximum Gasteiger partial charge on any atom is 0.325 e. The van der Waals surface area contributed by atoms with E-state index in [1.54, 1.807) is 41.2 Å². The normalized spacial score (nSPS) is 24.8. The fourth-order valence-corrected chi connectivity index (χ4v) is 5.65. The SMILES string of the molecule is CCC(C)(C)C1CCC2(CC1)NC(=O)N(CC(=O)N1CCN(C(=O)c3ccc(OC)cc3)CC1)C2=O. The molecule has 1 aromatic carbocycles. The van der Waals surface area contributed by atoms with Crippen LogP contribution in [0.2, 0.25) is 0 Å². The summed E-state index contributed by atoms with van der Waals surface area (Å²) in [5, 5.41) is 2.92. The number of benzene rings is 1. The number of methoxy groups -OCH3 is 1. The van der Waals surface area contributed by atoms with E-state index in [1.807, 2.05) is 0 Å². The van der Waals surface area contributed by atoms with E-state index in [4.69, 9.17) is 4.74 Å². The van der Waals surface area contributed by atoms with Crippen LogP contribution in [0.4, 0.5) is 4.79 Å². The number of ether oxygens (including phenoxy) is 1. The molecule has 196 valence electrons. The van der Waals surface area contributed by atoms with Gasteiger partial charge in [-0.1, -0.05) is 27.2 Å². The molecule has 2 heterocycles. The molecule has 0 unspecified atom stereocenters. The molecule has 0 bridgehead atoms. The number of carbonyl (C=O) groups excluding carboxylic acids is 4. The summed E-state index contributed by atoms with van der Waals surface area (Å²) in [5.74, 6) is 0.560. The Morgan fingerprint density at radius 3 is 2.17 bits per heavy atom. The molecule has 2 aliphatic heterocycles. The van der Waals surface area contributed by atoms with Crippen LogP contribution in [0.25, 0.3) is 0 Å². The van der Waals surface area contributed by atoms with Crippen LogP contribution in [0.5, 0.6) is 5.75 Å². The van der Waals surface area contributed by atoms with E-state index >= 15 is 0 Å². The largest absolute Gasteiger partial charge is 0.497 e. The van der Waals surface area contributed by atoms with Gasteiger partial charge in [-0.3, -0.25) is 19.3 Å². The molecule has 36 heavy (non-hydrogen) atoms. The van der Waals surface area contributed by atoms with Gasteiger partial charge in [-0.05, 0) is 61.3 Å². The van der Waals surface area contributed by atoms with Crippen LogP contribution >= 0.6 is 0 Å². The summed E-state index contributed by atoms with van der Waals surface area (Å²) in [6.45, 7) is 7.98. The monoisotopic (exact) mass is 498 g/mol. The van der Waals surface area contributed by atoms with Crippen molar-refractivity contribution in [1.82, 2.24) is 20.0 Å². The van der Waals surface area contributed by atoms with Gasteiger partial charge in [0.15, 0.2) is 0 Å². The van der Waals surface area contributed by atoms with Crippen LogP contribution in [0.15, 0.2) is 24.3 Å². The van der Waals surface area contributed by atoms with Crippen LogP contribution in [-0.2, 0) is 9.59 Å². The number of rotatable bonds is 6. The van der Waals surface area contributed by atoms with Crippen molar-refractivity contribution in [2.45, 2.75) is 58.4 Å². The van der Waals surface area contributed by atoms with Gasteiger partial charge >= 0.3 is 6.03 Å². The Kier molecular flexibility index (Phi) is 7.29. The molecule has 1 aromatic rings. The zero-order valence-electron chi connectivity index (χ0n) is 21.8. The van der Waals surface area contributed by atoms with E-state index in [9.17, 15) is 19.2 Å². The number of piperazine rings is 1. The minimum atomic E-state index is -0.874. The van der Waals surface area contributed by atoms with Gasteiger partial charge in [-0.2, -0.15) is 0 Å². The Morgan fingerprint density at radius 1 is 1.03 bits per heavy atom. The van der Waals surface area contributed by atoms with Crippen molar-refractivity contribution >= 4 is 23.8 Å². The molecule has 1 N–H and O–H groups in total. The molecule has 3 fully saturated rings. The molecule has 4 rings (SSSR count). The third-order valence-corrected chi connectivity index (χ3v) is 8.65. The number of nitrogens with zero attached hydrogens (tertiary/aromatic N) is 3.